The molecule has 0 saturated carbocycles. The fourth-order valence-electron chi connectivity index (χ4n) is 3.95. The average molecular weight is 482 g/mol. The zero-order valence-corrected chi connectivity index (χ0v) is 20.1. The first kappa shape index (κ1) is 23.8. The lowest BCUT2D eigenvalue weighted by atomic mass is 10.2. The van der Waals surface area contributed by atoms with Crippen molar-refractivity contribution in [2.75, 3.05) is 41.9 Å². The van der Waals surface area contributed by atoms with E-state index in [9.17, 15) is 17.6 Å². The Hall–Kier alpha value is -3.39. The van der Waals surface area contributed by atoms with Crippen molar-refractivity contribution in [2.24, 2.45) is 0 Å². The number of hydrogen-bond acceptors (Lipinski definition) is 4. The van der Waals surface area contributed by atoms with E-state index in [-0.39, 0.29) is 23.2 Å². The van der Waals surface area contributed by atoms with Crippen LogP contribution in [0.15, 0.2) is 77.7 Å². The fourth-order valence-corrected chi connectivity index (χ4v) is 5.37. The van der Waals surface area contributed by atoms with Crippen LogP contribution in [0.3, 0.4) is 0 Å². The molecular formula is C26H28FN3O3S. The van der Waals surface area contributed by atoms with Crippen LogP contribution in [0.1, 0.15) is 11.1 Å². The number of piperazine rings is 1. The summed E-state index contributed by atoms with van der Waals surface area (Å²) in [5, 5.41) is 0. The van der Waals surface area contributed by atoms with Gasteiger partial charge in [0.2, 0.25) is 5.91 Å². The number of anilines is 2. The first-order chi connectivity index (χ1) is 16.2. The number of halogens is 1. The minimum absolute atomic E-state index is 0.146. The lowest BCUT2D eigenvalue weighted by molar-refractivity contribution is -0.129. The molecule has 1 amide bonds. The molecule has 0 radical (unpaired) electrons. The minimum Gasteiger partial charge on any atom is -0.368 e. The van der Waals surface area contributed by atoms with Crippen LogP contribution in [0.5, 0.6) is 0 Å². The first-order valence-electron chi connectivity index (χ1n) is 11.2. The highest BCUT2D eigenvalue weighted by molar-refractivity contribution is 7.92. The molecule has 0 atom stereocenters. The molecule has 1 heterocycles. The van der Waals surface area contributed by atoms with Crippen molar-refractivity contribution < 1.29 is 17.6 Å². The molecule has 178 valence electrons. The van der Waals surface area contributed by atoms with Crippen LogP contribution in [0.2, 0.25) is 0 Å². The zero-order chi connectivity index (χ0) is 24.3. The van der Waals surface area contributed by atoms with Crippen molar-refractivity contribution in [2.45, 2.75) is 18.7 Å². The number of sulfonamides is 1. The maximum absolute atomic E-state index is 13.5. The van der Waals surface area contributed by atoms with E-state index in [2.05, 4.69) is 4.90 Å². The zero-order valence-electron chi connectivity index (χ0n) is 19.3. The lowest BCUT2D eigenvalue weighted by Crippen LogP contribution is -2.52. The molecule has 4 rings (SSSR count). The van der Waals surface area contributed by atoms with Crippen molar-refractivity contribution >= 4 is 27.3 Å². The molecule has 0 N–H and O–H groups in total. The summed E-state index contributed by atoms with van der Waals surface area (Å²) in [5.74, 6) is -0.543. The van der Waals surface area contributed by atoms with Crippen LogP contribution in [0.25, 0.3) is 0 Å². The Labute approximate surface area is 200 Å². The Morgan fingerprint density at radius 2 is 1.35 bits per heavy atom. The highest BCUT2D eigenvalue weighted by Crippen LogP contribution is 2.25. The van der Waals surface area contributed by atoms with Crippen LogP contribution in [0, 0.1) is 19.7 Å². The quantitative estimate of drug-likeness (QED) is 0.534. The van der Waals surface area contributed by atoms with Crippen LogP contribution in [0.4, 0.5) is 15.8 Å². The average Bonchev–Trinajstić information content (AvgIpc) is 2.84. The van der Waals surface area contributed by atoms with E-state index >= 15 is 0 Å². The van der Waals surface area contributed by atoms with Crippen molar-refractivity contribution in [3.63, 3.8) is 0 Å². The Bertz CT molecular complexity index is 1240. The summed E-state index contributed by atoms with van der Waals surface area (Å²) in [5.41, 5.74) is 3.30. The largest absolute Gasteiger partial charge is 0.368 e. The van der Waals surface area contributed by atoms with Crippen molar-refractivity contribution in [3.8, 4) is 0 Å². The third-order valence-electron chi connectivity index (χ3n) is 6.03. The predicted molar refractivity (Wildman–Crippen MR) is 132 cm³/mol. The standard InChI is InChI=1S/C26H28FN3O3S/c1-20-3-9-24(10-4-20)30(34(32,33)25-13-5-21(2)6-14-25)19-26(31)29-17-15-28(16-18-29)23-11-7-22(27)8-12-23/h3-14H,15-19H2,1-2H3. The SMILES string of the molecule is Cc1ccc(N(CC(=O)N2CCN(c3ccc(F)cc3)CC2)S(=O)(=O)c2ccc(C)cc2)cc1. The second kappa shape index (κ2) is 9.85. The van der Waals surface area contributed by atoms with Gasteiger partial charge in [-0.2, -0.15) is 0 Å². The molecule has 1 aliphatic heterocycles. The number of hydrogen-bond donors (Lipinski definition) is 0. The molecule has 0 spiro atoms. The molecule has 3 aromatic rings. The summed E-state index contributed by atoms with van der Waals surface area (Å²) < 4.78 is 41.5. The van der Waals surface area contributed by atoms with Gasteiger partial charge in [0.1, 0.15) is 12.4 Å². The van der Waals surface area contributed by atoms with Gasteiger partial charge in [0.25, 0.3) is 10.0 Å². The van der Waals surface area contributed by atoms with Gasteiger partial charge in [-0.05, 0) is 62.4 Å². The Morgan fingerprint density at radius 3 is 1.91 bits per heavy atom. The van der Waals surface area contributed by atoms with Gasteiger partial charge in [-0.25, -0.2) is 12.8 Å². The molecule has 0 aromatic heterocycles. The van der Waals surface area contributed by atoms with Gasteiger partial charge in [-0.15, -0.1) is 0 Å². The van der Waals surface area contributed by atoms with E-state index in [1.54, 1.807) is 53.4 Å². The topological polar surface area (TPSA) is 60.9 Å². The number of carbonyl (C=O) groups is 1. The van der Waals surface area contributed by atoms with Crippen LogP contribution in [-0.2, 0) is 14.8 Å². The van der Waals surface area contributed by atoms with Crippen LogP contribution in [-0.4, -0.2) is 51.9 Å². The molecular weight excluding hydrogens is 453 g/mol. The molecule has 0 unspecified atom stereocenters. The van der Waals surface area contributed by atoms with E-state index in [1.807, 2.05) is 26.0 Å². The van der Waals surface area contributed by atoms with Crippen LogP contribution >= 0.6 is 0 Å². The van der Waals surface area contributed by atoms with E-state index in [0.29, 0.717) is 31.9 Å². The molecule has 1 fully saturated rings. The predicted octanol–water partition coefficient (Wildman–Crippen LogP) is 3.99. The Kier molecular flexibility index (Phi) is 6.88. The second-order valence-electron chi connectivity index (χ2n) is 8.50. The summed E-state index contributed by atoms with van der Waals surface area (Å²) in [6, 6.07) is 20.0. The summed E-state index contributed by atoms with van der Waals surface area (Å²) in [6.45, 7) is 5.64. The van der Waals surface area contributed by atoms with Crippen molar-refractivity contribution in [3.05, 3.63) is 89.7 Å². The minimum atomic E-state index is -3.94. The molecule has 8 heteroatoms. The molecule has 0 bridgehead atoms. The Morgan fingerprint density at radius 1 is 0.824 bits per heavy atom. The molecule has 6 nitrogen and oxygen atoms in total. The van der Waals surface area contributed by atoms with Gasteiger partial charge >= 0.3 is 0 Å². The molecule has 1 aliphatic rings. The molecule has 34 heavy (non-hydrogen) atoms. The van der Waals surface area contributed by atoms with Crippen LogP contribution < -0.4 is 9.21 Å². The number of amides is 1. The maximum atomic E-state index is 13.5. The van der Waals surface area contributed by atoms with Crippen molar-refractivity contribution in [1.82, 2.24) is 4.90 Å². The summed E-state index contributed by atoms with van der Waals surface area (Å²) in [6.07, 6.45) is 0. The second-order valence-corrected chi connectivity index (χ2v) is 10.4. The van der Waals surface area contributed by atoms with E-state index in [4.69, 9.17) is 0 Å². The normalized spacial score (nSPS) is 14.2. The monoisotopic (exact) mass is 481 g/mol. The third-order valence-corrected chi connectivity index (χ3v) is 7.82. The fraction of sp³-hybridized carbons (Fsp3) is 0.269. The smallest absolute Gasteiger partial charge is 0.264 e. The summed E-state index contributed by atoms with van der Waals surface area (Å²) in [7, 11) is -3.94. The number of rotatable bonds is 6. The molecule has 0 aliphatic carbocycles. The van der Waals surface area contributed by atoms with E-state index in [1.165, 1.54) is 16.4 Å². The van der Waals surface area contributed by atoms with E-state index < -0.39 is 10.0 Å². The van der Waals surface area contributed by atoms with Gasteiger partial charge in [-0.3, -0.25) is 9.10 Å². The van der Waals surface area contributed by atoms with Crippen molar-refractivity contribution in [1.29, 1.82) is 0 Å². The van der Waals surface area contributed by atoms with Gasteiger partial charge in [0, 0.05) is 31.9 Å². The number of carbonyl (C=O) groups excluding carboxylic acids is 1. The van der Waals surface area contributed by atoms with Gasteiger partial charge in [0.05, 0.1) is 10.6 Å². The molecule has 1 saturated heterocycles. The van der Waals surface area contributed by atoms with Gasteiger partial charge in [-0.1, -0.05) is 35.4 Å². The number of benzene rings is 3. The first-order valence-corrected chi connectivity index (χ1v) is 12.6. The number of aryl methyl sites for hydroxylation is 2. The summed E-state index contributed by atoms with van der Waals surface area (Å²) in [4.78, 5) is 17.1. The molecule has 3 aromatic carbocycles. The van der Waals surface area contributed by atoms with Gasteiger partial charge in [0.15, 0.2) is 0 Å². The lowest BCUT2D eigenvalue weighted by Gasteiger charge is -2.37. The highest BCUT2D eigenvalue weighted by Gasteiger charge is 2.30. The van der Waals surface area contributed by atoms with Gasteiger partial charge < -0.3 is 9.80 Å². The summed E-state index contributed by atoms with van der Waals surface area (Å²) >= 11 is 0. The third kappa shape index (κ3) is 5.22. The number of nitrogens with zero attached hydrogens (tertiary/aromatic N) is 3. The highest BCUT2D eigenvalue weighted by atomic mass is 32.2. The maximum Gasteiger partial charge on any atom is 0.264 e. The van der Waals surface area contributed by atoms with E-state index in [0.717, 1.165) is 16.8 Å². The Balaban J connectivity index is 1.52.